The third-order valence-electron chi connectivity index (χ3n) is 4.32. The third kappa shape index (κ3) is 3.42. The van der Waals surface area contributed by atoms with Crippen molar-refractivity contribution in [1.82, 2.24) is 5.01 Å². The average molecular weight is 412 g/mol. The minimum absolute atomic E-state index is 0.0974. The fraction of sp³-hybridized carbons (Fsp3) is 0.353. The number of Topliss-reactive ketones (excluding diaryl/α,β-unsaturated/α-hetero) is 1. The maximum atomic E-state index is 13.0. The first-order chi connectivity index (χ1) is 12.7. The van der Waals surface area contributed by atoms with Crippen LogP contribution in [0.25, 0.3) is 0 Å². The van der Waals surface area contributed by atoms with E-state index in [0.717, 1.165) is 12.0 Å². The van der Waals surface area contributed by atoms with E-state index in [1.54, 1.807) is 0 Å². The summed E-state index contributed by atoms with van der Waals surface area (Å²) in [6.45, 7) is 1.50. The predicted octanol–water partition coefficient (Wildman–Crippen LogP) is 1.68. The van der Waals surface area contributed by atoms with Gasteiger partial charge in [0.15, 0.2) is 5.71 Å². The van der Waals surface area contributed by atoms with Crippen LogP contribution in [0.5, 0.6) is 0 Å². The smallest absolute Gasteiger partial charge is 0.355 e. The molecule has 2 aliphatic heterocycles. The first-order valence-corrected chi connectivity index (χ1v) is 8.77. The number of rotatable bonds is 5. The second-order valence-electron chi connectivity index (χ2n) is 6.15. The highest BCUT2D eigenvalue weighted by molar-refractivity contribution is 6.46. The molecule has 1 fully saturated rings. The van der Waals surface area contributed by atoms with Gasteiger partial charge in [0.25, 0.3) is 5.91 Å². The van der Waals surface area contributed by atoms with Crippen LogP contribution in [0.2, 0.25) is 10.0 Å². The molecule has 0 spiro atoms. The molecule has 1 aromatic rings. The molecule has 0 N–H and O–H groups in total. The molecule has 10 heteroatoms. The quantitative estimate of drug-likeness (QED) is 0.539. The van der Waals surface area contributed by atoms with E-state index in [9.17, 15) is 19.2 Å². The largest absolute Gasteiger partial charge is 0.464 e. The van der Waals surface area contributed by atoms with Gasteiger partial charge in [-0.25, -0.2) is 9.69 Å². The molecule has 0 aliphatic carbocycles. The lowest BCUT2D eigenvalue weighted by atomic mass is 9.98. The number of hydrazone groups is 1. The second kappa shape index (κ2) is 7.28. The van der Waals surface area contributed by atoms with Gasteiger partial charge in [-0.05, 0) is 25.1 Å². The summed E-state index contributed by atoms with van der Waals surface area (Å²) in [7, 11) is 1.16. The van der Waals surface area contributed by atoms with Crippen molar-refractivity contribution < 1.29 is 23.9 Å². The molecule has 0 aromatic heterocycles. The summed E-state index contributed by atoms with van der Waals surface area (Å²) in [4.78, 5) is 50.3. The van der Waals surface area contributed by atoms with Gasteiger partial charge in [-0.1, -0.05) is 23.2 Å². The molecule has 0 bridgehead atoms. The third-order valence-corrected chi connectivity index (χ3v) is 4.76. The molecule has 0 saturated carbocycles. The second-order valence-corrected chi connectivity index (χ2v) is 7.03. The predicted molar refractivity (Wildman–Crippen MR) is 97.7 cm³/mol. The van der Waals surface area contributed by atoms with E-state index < -0.39 is 29.7 Å². The average Bonchev–Trinajstić information content (AvgIpc) is 3.08. The standard InChI is InChI=1S/C17H15Cl2N3O5/c1-8(23)3-4-21-14-12(13(20-21)17(26)27-2)15(24)22(16(14)25)11-6-9(18)5-10(19)7-11/h5-7,12,14H,3-4H2,1-2H3/t12-,14+/m1/s1. The van der Waals surface area contributed by atoms with Gasteiger partial charge in [0.05, 0.1) is 12.8 Å². The van der Waals surface area contributed by atoms with Gasteiger partial charge in [0, 0.05) is 23.0 Å². The molecular formula is C17H15Cl2N3O5. The summed E-state index contributed by atoms with van der Waals surface area (Å²) >= 11 is 12.0. The number of ketones is 1. The SMILES string of the molecule is COC(=O)C1=NN(CCC(C)=O)[C@@H]2C(=O)N(c3cc(Cl)cc(Cl)c3)C(=O)[C@H]12. The van der Waals surface area contributed by atoms with Gasteiger partial charge >= 0.3 is 5.97 Å². The first-order valence-electron chi connectivity index (χ1n) is 8.01. The van der Waals surface area contributed by atoms with Crippen LogP contribution in [0, 0.1) is 5.92 Å². The van der Waals surface area contributed by atoms with Crippen LogP contribution in [0.4, 0.5) is 5.69 Å². The molecule has 2 amide bonds. The summed E-state index contributed by atoms with van der Waals surface area (Å²) in [5, 5.41) is 5.89. The van der Waals surface area contributed by atoms with Crippen molar-refractivity contribution in [3.63, 3.8) is 0 Å². The number of methoxy groups -OCH3 is 1. The Hall–Kier alpha value is -2.45. The molecule has 2 aliphatic rings. The minimum atomic E-state index is -1.12. The molecular weight excluding hydrogens is 397 g/mol. The van der Waals surface area contributed by atoms with Crippen molar-refractivity contribution in [3.8, 4) is 0 Å². The fourth-order valence-electron chi connectivity index (χ4n) is 3.14. The lowest BCUT2D eigenvalue weighted by molar-refractivity contribution is -0.133. The Labute approximate surface area is 164 Å². The summed E-state index contributed by atoms with van der Waals surface area (Å²) in [5.74, 6) is -3.23. The van der Waals surface area contributed by atoms with Gasteiger partial charge in [0.2, 0.25) is 5.91 Å². The number of carbonyl (C=O) groups excluding carboxylic acids is 4. The molecule has 27 heavy (non-hydrogen) atoms. The van der Waals surface area contributed by atoms with E-state index in [1.807, 2.05) is 0 Å². The first kappa shape index (κ1) is 19.3. The van der Waals surface area contributed by atoms with E-state index in [2.05, 4.69) is 5.10 Å². The number of benzene rings is 1. The molecule has 1 saturated heterocycles. The molecule has 142 valence electrons. The monoisotopic (exact) mass is 411 g/mol. The fourth-order valence-corrected chi connectivity index (χ4v) is 3.66. The molecule has 2 atom stereocenters. The molecule has 8 nitrogen and oxygen atoms in total. The minimum Gasteiger partial charge on any atom is -0.464 e. The van der Waals surface area contributed by atoms with E-state index >= 15 is 0 Å². The zero-order valence-electron chi connectivity index (χ0n) is 14.4. The summed E-state index contributed by atoms with van der Waals surface area (Å²) in [6.07, 6.45) is 0.117. The van der Waals surface area contributed by atoms with E-state index in [1.165, 1.54) is 30.1 Å². The lowest BCUT2D eigenvalue weighted by Crippen LogP contribution is -2.40. The number of hydrogen-bond donors (Lipinski definition) is 0. The van der Waals surface area contributed by atoms with Gasteiger partial charge < -0.3 is 4.74 Å². The maximum absolute atomic E-state index is 13.0. The van der Waals surface area contributed by atoms with Crippen LogP contribution < -0.4 is 4.90 Å². The summed E-state index contributed by atoms with van der Waals surface area (Å²) in [6, 6.07) is 3.31. The number of halogens is 2. The molecule has 0 unspecified atom stereocenters. The van der Waals surface area contributed by atoms with Crippen molar-refractivity contribution in [2.75, 3.05) is 18.6 Å². The van der Waals surface area contributed by atoms with Gasteiger partial charge in [0.1, 0.15) is 17.7 Å². The van der Waals surface area contributed by atoms with Crippen LogP contribution in [-0.2, 0) is 23.9 Å². The Morgan fingerprint density at radius 3 is 2.33 bits per heavy atom. The Morgan fingerprint density at radius 1 is 1.15 bits per heavy atom. The van der Waals surface area contributed by atoms with Gasteiger partial charge in [-0.3, -0.25) is 19.4 Å². The molecule has 3 rings (SSSR count). The number of hydrogen-bond acceptors (Lipinski definition) is 7. The number of anilines is 1. The summed E-state index contributed by atoms with van der Waals surface area (Å²) < 4.78 is 4.69. The van der Waals surface area contributed by atoms with Gasteiger partial charge in [-0.15, -0.1) is 0 Å². The number of carbonyl (C=O) groups is 4. The molecule has 2 heterocycles. The van der Waals surface area contributed by atoms with Crippen LogP contribution in [0.3, 0.4) is 0 Å². The van der Waals surface area contributed by atoms with Crippen molar-refractivity contribution in [1.29, 1.82) is 0 Å². The maximum Gasteiger partial charge on any atom is 0.355 e. The van der Waals surface area contributed by atoms with Crippen molar-refractivity contribution in [2.24, 2.45) is 11.0 Å². The van der Waals surface area contributed by atoms with E-state index in [4.69, 9.17) is 27.9 Å². The van der Waals surface area contributed by atoms with Crippen LogP contribution in [-0.4, -0.2) is 54.0 Å². The number of nitrogens with zero attached hydrogens (tertiary/aromatic N) is 3. The van der Waals surface area contributed by atoms with E-state index in [0.29, 0.717) is 0 Å². The van der Waals surface area contributed by atoms with Crippen molar-refractivity contribution >= 4 is 58.2 Å². The summed E-state index contributed by atoms with van der Waals surface area (Å²) in [5.41, 5.74) is 0.0349. The number of fused-ring (bicyclic) bond motifs is 1. The number of imide groups is 1. The lowest BCUT2D eigenvalue weighted by Gasteiger charge is -2.21. The molecule has 1 aromatic carbocycles. The highest BCUT2D eigenvalue weighted by Crippen LogP contribution is 2.37. The number of ether oxygens (including phenoxy) is 1. The van der Waals surface area contributed by atoms with Crippen LogP contribution in [0.1, 0.15) is 13.3 Å². The normalized spacial score (nSPS) is 21.4. The van der Waals surface area contributed by atoms with Crippen LogP contribution in [0.15, 0.2) is 23.3 Å². The Balaban J connectivity index is 2.01. The number of esters is 1. The Bertz CT molecular complexity index is 865. The Kier molecular flexibility index (Phi) is 5.21. The zero-order chi connectivity index (χ0) is 19.9. The Morgan fingerprint density at radius 2 is 1.78 bits per heavy atom. The van der Waals surface area contributed by atoms with Crippen molar-refractivity contribution in [3.05, 3.63) is 28.2 Å². The van der Waals surface area contributed by atoms with E-state index in [-0.39, 0.29) is 40.2 Å². The zero-order valence-corrected chi connectivity index (χ0v) is 16.0. The number of amides is 2. The highest BCUT2D eigenvalue weighted by atomic mass is 35.5. The van der Waals surface area contributed by atoms with Crippen molar-refractivity contribution in [2.45, 2.75) is 19.4 Å². The topological polar surface area (TPSA) is 96.3 Å². The van der Waals surface area contributed by atoms with Crippen LogP contribution >= 0.6 is 23.2 Å². The molecule has 0 radical (unpaired) electrons. The van der Waals surface area contributed by atoms with Gasteiger partial charge in [-0.2, -0.15) is 5.10 Å². The highest BCUT2D eigenvalue weighted by Gasteiger charge is 2.58.